The van der Waals surface area contributed by atoms with Crippen molar-refractivity contribution in [2.24, 2.45) is 0 Å². The molecule has 28 heavy (non-hydrogen) atoms. The third-order valence-electron chi connectivity index (χ3n) is 4.19. The van der Waals surface area contributed by atoms with Crippen LogP contribution in [0.2, 0.25) is 0 Å². The molecule has 5 nitrogen and oxygen atoms in total. The van der Waals surface area contributed by atoms with Gasteiger partial charge in [0.2, 0.25) is 0 Å². The summed E-state index contributed by atoms with van der Waals surface area (Å²) in [4.78, 5) is 26.8. The number of anilines is 1. The van der Waals surface area contributed by atoms with Gasteiger partial charge < -0.3 is 10.1 Å². The van der Waals surface area contributed by atoms with E-state index in [1.807, 2.05) is 6.92 Å². The van der Waals surface area contributed by atoms with E-state index in [1.54, 1.807) is 30.3 Å². The van der Waals surface area contributed by atoms with Crippen LogP contribution in [-0.2, 0) is 9.59 Å². The number of amides is 2. The fourth-order valence-corrected chi connectivity index (χ4v) is 2.90. The Morgan fingerprint density at radius 2 is 1.89 bits per heavy atom. The van der Waals surface area contributed by atoms with Gasteiger partial charge in [0.05, 0.1) is 12.2 Å². The van der Waals surface area contributed by atoms with Crippen LogP contribution in [0, 0.1) is 5.82 Å². The molecule has 1 aliphatic heterocycles. The number of carbonyl (C=O) groups excluding carboxylic acids is 2. The van der Waals surface area contributed by atoms with Crippen molar-refractivity contribution in [1.82, 2.24) is 4.90 Å². The van der Waals surface area contributed by atoms with Crippen molar-refractivity contribution < 1.29 is 18.7 Å². The van der Waals surface area contributed by atoms with Gasteiger partial charge in [0.25, 0.3) is 11.8 Å². The molecule has 3 rings (SSSR count). The maximum absolute atomic E-state index is 13.5. The quantitative estimate of drug-likeness (QED) is 0.556. The summed E-state index contributed by atoms with van der Waals surface area (Å²) in [5, 5.41) is 2.91. The van der Waals surface area contributed by atoms with Crippen LogP contribution in [0.4, 0.5) is 10.1 Å². The van der Waals surface area contributed by atoms with Crippen LogP contribution in [-0.4, -0.2) is 29.9 Å². The average Bonchev–Trinajstić information content (AvgIpc) is 2.91. The Morgan fingerprint density at radius 3 is 2.54 bits per heavy atom. The lowest BCUT2D eigenvalue weighted by atomic mass is 10.0. The van der Waals surface area contributed by atoms with Crippen LogP contribution in [0.1, 0.15) is 18.9 Å². The molecular weight excluding hydrogens is 359 g/mol. The van der Waals surface area contributed by atoms with E-state index in [1.165, 1.54) is 24.3 Å². The number of halogens is 1. The van der Waals surface area contributed by atoms with E-state index >= 15 is 0 Å². The summed E-state index contributed by atoms with van der Waals surface area (Å²) >= 11 is 0. The van der Waals surface area contributed by atoms with E-state index in [0.717, 1.165) is 11.3 Å². The summed E-state index contributed by atoms with van der Waals surface area (Å²) < 4.78 is 19.1. The first kappa shape index (κ1) is 19.4. The Morgan fingerprint density at radius 1 is 1.14 bits per heavy atom. The molecule has 144 valence electrons. The predicted molar refractivity (Wildman–Crippen MR) is 106 cm³/mol. The van der Waals surface area contributed by atoms with Gasteiger partial charge in [-0.25, -0.2) is 4.39 Å². The monoisotopic (exact) mass is 380 g/mol. The van der Waals surface area contributed by atoms with Crippen molar-refractivity contribution in [1.29, 1.82) is 0 Å². The van der Waals surface area contributed by atoms with E-state index in [-0.39, 0.29) is 17.8 Å². The van der Waals surface area contributed by atoms with Crippen LogP contribution in [0.15, 0.2) is 66.9 Å². The molecule has 0 atom stereocenters. The highest BCUT2D eigenvalue weighted by Crippen LogP contribution is 2.31. The maximum Gasteiger partial charge on any atom is 0.278 e. The van der Waals surface area contributed by atoms with Gasteiger partial charge in [0, 0.05) is 12.2 Å². The molecule has 2 amide bonds. The Kier molecular flexibility index (Phi) is 5.89. The summed E-state index contributed by atoms with van der Waals surface area (Å²) in [5.74, 6) is -0.656. The normalized spacial score (nSPS) is 13.9. The Balaban J connectivity index is 2.00. The molecule has 0 radical (unpaired) electrons. The summed E-state index contributed by atoms with van der Waals surface area (Å²) in [6.45, 7) is 6.30. The zero-order chi connectivity index (χ0) is 20.1. The summed E-state index contributed by atoms with van der Waals surface area (Å²) in [7, 11) is 0. The van der Waals surface area contributed by atoms with E-state index in [4.69, 9.17) is 4.74 Å². The predicted octanol–water partition coefficient (Wildman–Crippen LogP) is 3.99. The smallest absolute Gasteiger partial charge is 0.278 e. The molecule has 2 aromatic carbocycles. The molecule has 0 saturated heterocycles. The van der Waals surface area contributed by atoms with Crippen molar-refractivity contribution in [2.75, 3.05) is 18.5 Å². The molecule has 0 spiro atoms. The standard InChI is InChI=1S/C22H21FN2O3/c1-3-12-25-21(26)19(15-8-10-18(11-9-15)28-13-4-2)20(22(25)27)24-17-7-5-6-16(23)14-17/h3,5-11,14,24H,1,4,12-13H2,2H3. The minimum Gasteiger partial charge on any atom is -0.494 e. The topological polar surface area (TPSA) is 58.6 Å². The fraction of sp³-hybridized carbons (Fsp3) is 0.182. The van der Waals surface area contributed by atoms with Gasteiger partial charge in [-0.05, 0) is 42.3 Å². The summed E-state index contributed by atoms with van der Waals surface area (Å²) in [6, 6.07) is 12.7. The molecule has 0 fully saturated rings. The molecule has 1 N–H and O–H groups in total. The fourth-order valence-electron chi connectivity index (χ4n) is 2.90. The minimum absolute atomic E-state index is 0.0905. The molecule has 0 bridgehead atoms. The number of nitrogens with one attached hydrogen (secondary N) is 1. The average molecular weight is 380 g/mol. The first-order valence-electron chi connectivity index (χ1n) is 9.02. The van der Waals surface area contributed by atoms with Crippen molar-refractivity contribution in [3.63, 3.8) is 0 Å². The molecule has 0 unspecified atom stereocenters. The van der Waals surface area contributed by atoms with Gasteiger partial charge in [-0.2, -0.15) is 0 Å². The number of benzene rings is 2. The molecule has 1 aliphatic rings. The first-order valence-corrected chi connectivity index (χ1v) is 9.02. The molecule has 0 aromatic heterocycles. The third kappa shape index (κ3) is 3.96. The van der Waals surface area contributed by atoms with Crippen molar-refractivity contribution >= 4 is 23.1 Å². The molecule has 6 heteroatoms. The molecule has 2 aromatic rings. The number of hydrogen-bond donors (Lipinski definition) is 1. The van der Waals surface area contributed by atoms with Gasteiger partial charge in [0.15, 0.2) is 0 Å². The van der Waals surface area contributed by atoms with Gasteiger partial charge in [-0.15, -0.1) is 6.58 Å². The van der Waals surface area contributed by atoms with E-state index in [2.05, 4.69) is 11.9 Å². The summed E-state index contributed by atoms with van der Waals surface area (Å²) in [6.07, 6.45) is 2.37. The number of hydrogen-bond acceptors (Lipinski definition) is 4. The number of imide groups is 1. The maximum atomic E-state index is 13.5. The molecular formula is C22H21FN2O3. The van der Waals surface area contributed by atoms with E-state index < -0.39 is 17.6 Å². The molecule has 0 aliphatic carbocycles. The van der Waals surface area contributed by atoms with Crippen LogP contribution in [0.3, 0.4) is 0 Å². The van der Waals surface area contributed by atoms with Crippen molar-refractivity contribution in [3.8, 4) is 5.75 Å². The number of ether oxygens (including phenoxy) is 1. The Labute approximate surface area is 163 Å². The molecule has 1 heterocycles. The lowest BCUT2D eigenvalue weighted by molar-refractivity contribution is -0.136. The van der Waals surface area contributed by atoms with Gasteiger partial charge >= 0.3 is 0 Å². The Hall–Kier alpha value is -3.41. The van der Waals surface area contributed by atoms with Crippen LogP contribution < -0.4 is 10.1 Å². The second kappa shape index (κ2) is 8.52. The highest BCUT2D eigenvalue weighted by Gasteiger charge is 2.38. The van der Waals surface area contributed by atoms with Crippen molar-refractivity contribution in [3.05, 3.63) is 78.3 Å². The van der Waals surface area contributed by atoms with Gasteiger partial charge in [-0.3, -0.25) is 14.5 Å². The third-order valence-corrected chi connectivity index (χ3v) is 4.19. The highest BCUT2D eigenvalue weighted by atomic mass is 19.1. The van der Waals surface area contributed by atoms with Crippen LogP contribution >= 0.6 is 0 Å². The summed E-state index contributed by atoms with van der Waals surface area (Å²) in [5.41, 5.74) is 1.31. The van der Waals surface area contributed by atoms with Crippen LogP contribution in [0.25, 0.3) is 5.57 Å². The lowest BCUT2D eigenvalue weighted by Gasteiger charge is -2.12. The number of rotatable bonds is 8. The number of carbonyl (C=O) groups is 2. The largest absolute Gasteiger partial charge is 0.494 e. The Bertz CT molecular complexity index is 935. The lowest BCUT2D eigenvalue weighted by Crippen LogP contribution is -2.32. The zero-order valence-corrected chi connectivity index (χ0v) is 15.6. The van der Waals surface area contributed by atoms with Crippen LogP contribution in [0.5, 0.6) is 5.75 Å². The van der Waals surface area contributed by atoms with Crippen molar-refractivity contribution in [2.45, 2.75) is 13.3 Å². The molecule has 0 saturated carbocycles. The second-order valence-corrected chi connectivity index (χ2v) is 6.27. The highest BCUT2D eigenvalue weighted by molar-refractivity contribution is 6.36. The number of nitrogens with zero attached hydrogens (tertiary/aromatic N) is 1. The van der Waals surface area contributed by atoms with E-state index in [0.29, 0.717) is 23.6 Å². The van der Waals surface area contributed by atoms with E-state index in [9.17, 15) is 14.0 Å². The van der Waals surface area contributed by atoms with Gasteiger partial charge in [0.1, 0.15) is 17.3 Å². The first-order chi connectivity index (χ1) is 13.5. The zero-order valence-electron chi connectivity index (χ0n) is 15.6. The van der Waals surface area contributed by atoms with Gasteiger partial charge in [-0.1, -0.05) is 31.2 Å². The SMILES string of the molecule is C=CCN1C(=O)C(Nc2cccc(F)c2)=C(c2ccc(OCCC)cc2)C1=O. The second-order valence-electron chi connectivity index (χ2n) is 6.27. The minimum atomic E-state index is -0.476.